The summed E-state index contributed by atoms with van der Waals surface area (Å²) in [6.45, 7) is 0. The topological polar surface area (TPSA) is 123 Å². The largest absolute Gasteiger partial charge is 0.384 e. The fourth-order valence-corrected chi connectivity index (χ4v) is 1.44. The highest BCUT2D eigenvalue weighted by Crippen LogP contribution is 2.15. The molecule has 1 aromatic heterocycles. The summed E-state index contributed by atoms with van der Waals surface area (Å²) in [6, 6.07) is 8.18. The molecule has 0 aliphatic carbocycles. The van der Waals surface area contributed by atoms with E-state index in [1.54, 1.807) is 12.1 Å². The Hall–Kier alpha value is -3.16. The van der Waals surface area contributed by atoms with Gasteiger partial charge in [-0.2, -0.15) is 0 Å². The highest BCUT2D eigenvalue weighted by atomic mass is 16.6. The van der Waals surface area contributed by atoms with Gasteiger partial charge in [0.05, 0.1) is 16.8 Å². The van der Waals surface area contributed by atoms with Crippen molar-refractivity contribution in [2.75, 3.05) is 16.4 Å². The van der Waals surface area contributed by atoms with Crippen LogP contribution in [0.4, 0.5) is 27.7 Å². The van der Waals surface area contributed by atoms with Gasteiger partial charge in [0.2, 0.25) is 0 Å². The SMILES string of the molecule is Nc1ccc(NC(=O)Nc2ccc([N+](=O)[O-])cc2)cn1. The molecular formula is C12H11N5O3. The molecule has 4 N–H and O–H groups in total. The molecular weight excluding hydrogens is 262 g/mol. The number of nitro benzene ring substituents is 1. The third-order valence-corrected chi connectivity index (χ3v) is 2.38. The number of nitrogens with one attached hydrogen (secondary N) is 2. The number of anilines is 3. The van der Waals surface area contributed by atoms with Crippen molar-refractivity contribution < 1.29 is 9.72 Å². The number of pyridine rings is 1. The Morgan fingerprint density at radius 3 is 2.25 bits per heavy atom. The molecule has 0 saturated carbocycles. The number of urea groups is 1. The molecule has 0 atom stereocenters. The van der Waals surface area contributed by atoms with E-state index in [1.807, 2.05) is 0 Å². The van der Waals surface area contributed by atoms with Crippen LogP contribution >= 0.6 is 0 Å². The normalized spacial score (nSPS) is 9.80. The van der Waals surface area contributed by atoms with Crippen LogP contribution in [0.25, 0.3) is 0 Å². The first-order chi connectivity index (χ1) is 9.54. The molecule has 0 aliphatic heterocycles. The summed E-state index contributed by atoms with van der Waals surface area (Å²) in [5.74, 6) is 0.353. The van der Waals surface area contributed by atoms with Crippen molar-refractivity contribution in [3.63, 3.8) is 0 Å². The van der Waals surface area contributed by atoms with Crippen molar-refractivity contribution in [3.8, 4) is 0 Å². The first-order valence-electron chi connectivity index (χ1n) is 5.58. The lowest BCUT2D eigenvalue weighted by Gasteiger charge is -2.07. The average molecular weight is 273 g/mol. The monoisotopic (exact) mass is 273 g/mol. The van der Waals surface area contributed by atoms with Gasteiger partial charge in [0, 0.05) is 17.8 Å². The van der Waals surface area contributed by atoms with Crippen molar-refractivity contribution in [2.45, 2.75) is 0 Å². The van der Waals surface area contributed by atoms with Gasteiger partial charge in [-0.15, -0.1) is 0 Å². The number of nitrogens with zero attached hydrogens (tertiary/aromatic N) is 2. The van der Waals surface area contributed by atoms with Gasteiger partial charge in [-0.3, -0.25) is 10.1 Å². The quantitative estimate of drug-likeness (QED) is 0.584. The molecule has 0 aliphatic rings. The van der Waals surface area contributed by atoms with Crippen LogP contribution in [0.3, 0.4) is 0 Å². The van der Waals surface area contributed by atoms with Crippen molar-refractivity contribution in [1.29, 1.82) is 0 Å². The molecule has 2 rings (SSSR count). The smallest absolute Gasteiger partial charge is 0.323 e. The summed E-state index contributed by atoms with van der Waals surface area (Å²) < 4.78 is 0. The Bertz CT molecular complexity index is 625. The first-order valence-corrected chi connectivity index (χ1v) is 5.58. The number of nitrogen functional groups attached to an aromatic ring is 1. The minimum absolute atomic E-state index is 0.0429. The van der Waals surface area contributed by atoms with E-state index in [0.717, 1.165) is 0 Å². The number of rotatable bonds is 3. The molecule has 1 aromatic carbocycles. The number of hydrogen-bond acceptors (Lipinski definition) is 5. The van der Waals surface area contributed by atoms with Crippen LogP contribution in [-0.4, -0.2) is 15.9 Å². The summed E-state index contributed by atoms with van der Waals surface area (Å²) in [4.78, 5) is 25.5. The molecule has 0 spiro atoms. The molecule has 102 valence electrons. The molecule has 1 heterocycles. The van der Waals surface area contributed by atoms with Crippen LogP contribution < -0.4 is 16.4 Å². The predicted molar refractivity (Wildman–Crippen MR) is 74.4 cm³/mol. The fraction of sp³-hybridized carbons (Fsp3) is 0. The third kappa shape index (κ3) is 3.42. The van der Waals surface area contributed by atoms with Crippen LogP contribution in [-0.2, 0) is 0 Å². The molecule has 8 heteroatoms. The van der Waals surface area contributed by atoms with Crippen LogP contribution in [0.1, 0.15) is 0 Å². The lowest BCUT2D eigenvalue weighted by molar-refractivity contribution is -0.384. The number of hydrogen-bond donors (Lipinski definition) is 3. The summed E-state index contributed by atoms with van der Waals surface area (Å²) in [7, 11) is 0. The van der Waals surface area contributed by atoms with E-state index < -0.39 is 11.0 Å². The zero-order valence-corrected chi connectivity index (χ0v) is 10.2. The molecule has 20 heavy (non-hydrogen) atoms. The standard InChI is InChI=1S/C12H11N5O3/c13-11-6-3-9(7-14-11)16-12(18)15-8-1-4-10(5-2-8)17(19)20/h1-7H,(H2,13,14)(H2,15,16,18). The van der Waals surface area contributed by atoms with Crippen molar-refractivity contribution in [2.24, 2.45) is 0 Å². The third-order valence-electron chi connectivity index (χ3n) is 2.38. The molecule has 2 amide bonds. The molecule has 0 unspecified atom stereocenters. The van der Waals surface area contributed by atoms with E-state index in [0.29, 0.717) is 17.2 Å². The van der Waals surface area contributed by atoms with Crippen LogP contribution in [0.5, 0.6) is 0 Å². The van der Waals surface area contributed by atoms with Crippen LogP contribution in [0.2, 0.25) is 0 Å². The second-order valence-electron chi connectivity index (χ2n) is 3.85. The van der Waals surface area contributed by atoms with Gasteiger partial charge in [-0.05, 0) is 24.3 Å². The number of nitro groups is 1. The number of nitrogens with two attached hydrogens (primary N) is 1. The molecule has 0 saturated heterocycles. The Morgan fingerprint density at radius 2 is 1.70 bits per heavy atom. The first kappa shape index (κ1) is 13.3. The van der Waals surface area contributed by atoms with E-state index in [-0.39, 0.29) is 5.69 Å². The Kier molecular flexibility index (Phi) is 3.75. The Morgan fingerprint density at radius 1 is 1.10 bits per heavy atom. The summed E-state index contributed by atoms with van der Waals surface area (Å²) >= 11 is 0. The van der Waals surface area contributed by atoms with Gasteiger partial charge >= 0.3 is 6.03 Å². The second kappa shape index (κ2) is 5.65. The molecule has 0 fully saturated rings. The van der Waals surface area contributed by atoms with Gasteiger partial charge < -0.3 is 16.4 Å². The van der Waals surface area contributed by atoms with E-state index >= 15 is 0 Å². The number of carbonyl (C=O) groups is 1. The van der Waals surface area contributed by atoms with Crippen molar-refractivity contribution in [3.05, 3.63) is 52.7 Å². The highest BCUT2D eigenvalue weighted by molar-refractivity contribution is 5.99. The number of carbonyl (C=O) groups excluding carboxylic acids is 1. The predicted octanol–water partition coefficient (Wildman–Crippen LogP) is 2.22. The van der Waals surface area contributed by atoms with Gasteiger partial charge in [-0.1, -0.05) is 0 Å². The molecule has 8 nitrogen and oxygen atoms in total. The Balaban J connectivity index is 1.97. The van der Waals surface area contributed by atoms with E-state index in [4.69, 9.17) is 5.73 Å². The maximum Gasteiger partial charge on any atom is 0.323 e. The number of benzene rings is 1. The van der Waals surface area contributed by atoms with Crippen LogP contribution in [0.15, 0.2) is 42.6 Å². The number of non-ortho nitro benzene ring substituents is 1. The van der Waals surface area contributed by atoms with Gasteiger partial charge in [0.15, 0.2) is 0 Å². The summed E-state index contributed by atoms with van der Waals surface area (Å²) in [6.07, 6.45) is 1.42. The highest BCUT2D eigenvalue weighted by Gasteiger charge is 2.06. The van der Waals surface area contributed by atoms with Gasteiger partial charge in [0.1, 0.15) is 5.82 Å². The van der Waals surface area contributed by atoms with Crippen molar-refractivity contribution in [1.82, 2.24) is 4.98 Å². The second-order valence-corrected chi connectivity index (χ2v) is 3.85. The van der Waals surface area contributed by atoms with E-state index in [9.17, 15) is 14.9 Å². The Labute approximate surface area is 113 Å². The average Bonchev–Trinajstić information content (AvgIpc) is 2.42. The summed E-state index contributed by atoms with van der Waals surface area (Å²) in [5.41, 5.74) is 6.31. The summed E-state index contributed by atoms with van der Waals surface area (Å²) in [5, 5.41) is 15.6. The lowest BCUT2D eigenvalue weighted by atomic mass is 10.3. The molecule has 2 aromatic rings. The molecule has 0 bridgehead atoms. The van der Waals surface area contributed by atoms with E-state index in [2.05, 4.69) is 15.6 Å². The van der Waals surface area contributed by atoms with Gasteiger partial charge in [-0.25, -0.2) is 9.78 Å². The lowest BCUT2D eigenvalue weighted by Crippen LogP contribution is -2.19. The number of amides is 2. The van der Waals surface area contributed by atoms with Crippen LogP contribution in [0, 0.1) is 10.1 Å². The maximum atomic E-state index is 11.7. The number of aromatic nitrogens is 1. The zero-order chi connectivity index (χ0) is 14.5. The zero-order valence-electron chi connectivity index (χ0n) is 10.2. The minimum Gasteiger partial charge on any atom is -0.384 e. The minimum atomic E-state index is -0.510. The fourth-order valence-electron chi connectivity index (χ4n) is 1.44. The van der Waals surface area contributed by atoms with E-state index in [1.165, 1.54) is 30.5 Å². The van der Waals surface area contributed by atoms with Crippen molar-refractivity contribution >= 4 is 28.9 Å². The van der Waals surface area contributed by atoms with Gasteiger partial charge in [0.25, 0.3) is 5.69 Å². The maximum absolute atomic E-state index is 11.7. The molecule has 0 radical (unpaired) electrons.